The first-order valence-corrected chi connectivity index (χ1v) is 10.6. The Labute approximate surface area is 174 Å². The molecule has 0 saturated heterocycles. The van der Waals surface area contributed by atoms with E-state index in [0.717, 1.165) is 38.5 Å². The largest absolute Gasteiger partial charge is 0.192 e. The number of hydrogen-bond acceptors (Lipinski definition) is 0. The van der Waals surface area contributed by atoms with E-state index in [0.29, 0.717) is 12.8 Å². The fourth-order valence-electron chi connectivity index (χ4n) is 2.15. The van der Waals surface area contributed by atoms with Gasteiger partial charge in [0.25, 0.3) is 0 Å². The number of halogens is 8. The van der Waals surface area contributed by atoms with E-state index in [1.165, 1.54) is 12.8 Å². The van der Waals surface area contributed by atoms with Crippen molar-refractivity contribution in [1.29, 1.82) is 0 Å². The van der Waals surface area contributed by atoms with Crippen LogP contribution in [0.4, 0.5) is 0 Å². The van der Waals surface area contributed by atoms with Gasteiger partial charge in [0, 0.05) is 23.6 Å². The van der Waals surface area contributed by atoms with Crippen LogP contribution in [0.3, 0.4) is 0 Å². The van der Waals surface area contributed by atoms with Crippen LogP contribution in [0.15, 0.2) is 0 Å². The SMILES string of the molecule is Cl[C@@H](CCCCCCCC[C@H](Cl)CC(Cl)(Cl)Cl)CC(Cl)(Cl)Cl. The normalized spacial score (nSPS) is 15.8. The van der Waals surface area contributed by atoms with Crippen molar-refractivity contribution in [3.8, 4) is 0 Å². The third kappa shape index (κ3) is 18.7. The van der Waals surface area contributed by atoms with Crippen molar-refractivity contribution in [3.05, 3.63) is 0 Å². The molecule has 0 bridgehead atoms. The summed E-state index contributed by atoms with van der Waals surface area (Å²) in [6, 6.07) is 0. The van der Waals surface area contributed by atoms with Crippen molar-refractivity contribution in [2.45, 2.75) is 82.5 Å². The predicted octanol–water partition coefficient (Wildman–Crippen LogP) is 8.84. The molecule has 22 heavy (non-hydrogen) atoms. The van der Waals surface area contributed by atoms with E-state index in [1.54, 1.807) is 0 Å². The summed E-state index contributed by atoms with van der Waals surface area (Å²) in [5, 5.41) is -0.155. The lowest BCUT2D eigenvalue weighted by Gasteiger charge is -2.15. The van der Waals surface area contributed by atoms with Gasteiger partial charge in [-0.05, 0) is 12.8 Å². The molecule has 0 aromatic heterocycles. The summed E-state index contributed by atoms with van der Waals surface area (Å²) >= 11 is 46.4. The average molecular weight is 474 g/mol. The second-order valence-corrected chi connectivity index (χ2v) is 11.8. The second-order valence-electron chi connectivity index (χ2n) is 5.53. The van der Waals surface area contributed by atoms with Gasteiger partial charge in [-0.2, -0.15) is 0 Å². The molecular weight excluding hydrogens is 452 g/mol. The summed E-state index contributed by atoms with van der Waals surface area (Å²) in [6.07, 6.45) is 9.28. The van der Waals surface area contributed by atoms with Crippen molar-refractivity contribution in [3.63, 3.8) is 0 Å². The van der Waals surface area contributed by atoms with E-state index >= 15 is 0 Å². The fraction of sp³-hybridized carbons (Fsp3) is 1.00. The maximum absolute atomic E-state index is 6.12. The molecule has 134 valence electrons. The van der Waals surface area contributed by atoms with E-state index in [2.05, 4.69) is 0 Å². The zero-order chi connectivity index (χ0) is 17.2. The van der Waals surface area contributed by atoms with Crippen LogP contribution in [-0.2, 0) is 0 Å². The summed E-state index contributed by atoms with van der Waals surface area (Å²) in [4.78, 5) is 0. The van der Waals surface area contributed by atoms with E-state index in [4.69, 9.17) is 92.8 Å². The van der Waals surface area contributed by atoms with Crippen LogP contribution in [0.2, 0.25) is 0 Å². The first-order chi connectivity index (χ1) is 9.99. The molecule has 0 nitrogen and oxygen atoms in total. The highest BCUT2D eigenvalue weighted by molar-refractivity contribution is 6.68. The highest BCUT2D eigenvalue weighted by Gasteiger charge is 2.24. The molecule has 0 fully saturated rings. The fourth-order valence-corrected chi connectivity index (χ4v) is 4.51. The van der Waals surface area contributed by atoms with Gasteiger partial charge >= 0.3 is 0 Å². The zero-order valence-electron chi connectivity index (χ0n) is 12.2. The molecule has 0 aliphatic carbocycles. The van der Waals surface area contributed by atoms with Crippen molar-refractivity contribution < 1.29 is 0 Å². The Morgan fingerprint density at radius 2 is 0.773 bits per heavy atom. The smallest absolute Gasteiger partial charge is 0.123 e. The van der Waals surface area contributed by atoms with Crippen molar-refractivity contribution in [1.82, 2.24) is 0 Å². The lowest BCUT2D eigenvalue weighted by atomic mass is 10.1. The quantitative estimate of drug-likeness (QED) is 0.207. The molecular formula is C14H22Cl8. The van der Waals surface area contributed by atoms with Crippen molar-refractivity contribution in [2.75, 3.05) is 0 Å². The van der Waals surface area contributed by atoms with E-state index in [9.17, 15) is 0 Å². The van der Waals surface area contributed by atoms with E-state index in [-0.39, 0.29) is 10.8 Å². The Morgan fingerprint density at radius 3 is 1.05 bits per heavy atom. The molecule has 0 aromatic rings. The molecule has 0 aliphatic heterocycles. The predicted molar refractivity (Wildman–Crippen MR) is 106 cm³/mol. The lowest BCUT2D eigenvalue weighted by molar-refractivity contribution is 0.546. The molecule has 0 radical (unpaired) electrons. The van der Waals surface area contributed by atoms with Crippen LogP contribution in [0.1, 0.15) is 64.2 Å². The van der Waals surface area contributed by atoms with Crippen LogP contribution < -0.4 is 0 Å². The molecule has 0 N–H and O–H groups in total. The minimum atomic E-state index is -1.25. The maximum atomic E-state index is 6.12. The van der Waals surface area contributed by atoms with Crippen LogP contribution in [0, 0.1) is 0 Å². The van der Waals surface area contributed by atoms with Gasteiger partial charge in [0.1, 0.15) is 0 Å². The van der Waals surface area contributed by atoms with Crippen LogP contribution in [0.25, 0.3) is 0 Å². The van der Waals surface area contributed by atoms with Gasteiger partial charge in [0.15, 0.2) is 7.59 Å². The van der Waals surface area contributed by atoms with Gasteiger partial charge in [-0.3, -0.25) is 0 Å². The third-order valence-corrected chi connectivity index (χ3v) is 4.86. The van der Waals surface area contributed by atoms with Gasteiger partial charge in [-0.15, -0.1) is 23.2 Å². The molecule has 0 amide bonds. The lowest BCUT2D eigenvalue weighted by Crippen LogP contribution is -2.11. The van der Waals surface area contributed by atoms with Crippen LogP contribution >= 0.6 is 92.8 Å². The average Bonchev–Trinajstić information content (AvgIpc) is 2.27. The van der Waals surface area contributed by atoms with Gasteiger partial charge in [0.05, 0.1) is 0 Å². The third-order valence-electron chi connectivity index (χ3n) is 3.19. The molecule has 8 heteroatoms. The summed E-state index contributed by atoms with van der Waals surface area (Å²) in [5.41, 5.74) is 0. The maximum Gasteiger partial charge on any atom is 0.192 e. The number of alkyl halides is 8. The summed E-state index contributed by atoms with van der Waals surface area (Å²) in [5.74, 6) is 0. The standard InChI is InChI=1S/C14H22Cl8/c15-11(9-13(17,18)19)7-5-3-1-2-4-6-8-12(16)10-14(20,21)22/h11-12H,1-10H2/t11-,12-/m0/s1. The summed E-state index contributed by atoms with van der Waals surface area (Å²) in [7, 11) is 0. The Hall–Kier alpha value is 2.32. The zero-order valence-corrected chi connectivity index (χ0v) is 18.3. The van der Waals surface area contributed by atoms with Crippen molar-refractivity contribution >= 4 is 92.8 Å². The topological polar surface area (TPSA) is 0 Å². The minimum Gasteiger partial charge on any atom is -0.123 e. The highest BCUT2D eigenvalue weighted by atomic mass is 35.6. The van der Waals surface area contributed by atoms with Crippen LogP contribution in [0.5, 0.6) is 0 Å². The van der Waals surface area contributed by atoms with Gasteiger partial charge in [-0.1, -0.05) is 108 Å². The monoisotopic (exact) mass is 470 g/mol. The molecule has 0 aliphatic rings. The Bertz CT molecular complexity index is 243. The number of rotatable bonds is 11. The first kappa shape index (κ1) is 24.3. The summed E-state index contributed by atoms with van der Waals surface area (Å²) in [6.45, 7) is 0. The Balaban J connectivity index is 3.41. The molecule has 2 atom stereocenters. The number of hydrogen-bond donors (Lipinski definition) is 0. The number of unbranched alkanes of at least 4 members (excludes halogenated alkanes) is 5. The van der Waals surface area contributed by atoms with Gasteiger partial charge in [-0.25, -0.2) is 0 Å². The van der Waals surface area contributed by atoms with Gasteiger partial charge < -0.3 is 0 Å². The van der Waals surface area contributed by atoms with Crippen molar-refractivity contribution in [2.24, 2.45) is 0 Å². The van der Waals surface area contributed by atoms with E-state index in [1.807, 2.05) is 0 Å². The summed E-state index contributed by atoms with van der Waals surface area (Å²) < 4.78 is -2.51. The highest BCUT2D eigenvalue weighted by Crippen LogP contribution is 2.35. The second kappa shape index (κ2) is 12.6. The Morgan fingerprint density at radius 1 is 0.500 bits per heavy atom. The Kier molecular flexibility index (Phi) is 14.0. The molecule has 0 heterocycles. The molecule has 0 rings (SSSR count). The van der Waals surface area contributed by atoms with Crippen LogP contribution in [-0.4, -0.2) is 18.3 Å². The van der Waals surface area contributed by atoms with Gasteiger partial charge in [0.2, 0.25) is 0 Å². The molecule has 0 spiro atoms. The first-order valence-electron chi connectivity index (χ1n) is 7.41. The molecule has 0 aromatic carbocycles. The molecule has 0 unspecified atom stereocenters. The minimum absolute atomic E-state index is 0.0774. The molecule has 0 saturated carbocycles. The van der Waals surface area contributed by atoms with E-state index < -0.39 is 7.59 Å².